The van der Waals surface area contributed by atoms with Gasteiger partial charge in [0.1, 0.15) is 5.75 Å². The van der Waals surface area contributed by atoms with Gasteiger partial charge in [0.05, 0.1) is 6.61 Å². The molecular weight excluding hydrogens is 224 g/mol. The zero-order chi connectivity index (χ0) is 12.8. The third kappa shape index (κ3) is 3.72. The monoisotopic (exact) mass is 248 g/mol. The lowest BCUT2D eigenvalue weighted by atomic mass is 9.97. The van der Waals surface area contributed by atoms with Crippen LogP contribution in [0.3, 0.4) is 0 Å². The van der Waals surface area contributed by atoms with Crippen LogP contribution < -0.4 is 10.5 Å². The first-order valence-corrected chi connectivity index (χ1v) is 6.96. The van der Waals surface area contributed by atoms with Crippen molar-refractivity contribution in [3.05, 3.63) is 29.8 Å². The van der Waals surface area contributed by atoms with Crippen molar-refractivity contribution in [2.45, 2.75) is 26.3 Å². The lowest BCUT2D eigenvalue weighted by molar-refractivity contribution is 0.180. The van der Waals surface area contributed by atoms with Crippen LogP contribution >= 0.6 is 0 Å². The maximum absolute atomic E-state index is 5.72. The average Bonchev–Trinajstić information content (AvgIpc) is 2.40. The molecule has 0 saturated carbocycles. The van der Waals surface area contributed by atoms with E-state index in [1.54, 1.807) is 0 Å². The molecule has 1 aromatic rings. The molecule has 0 atom stereocenters. The second kappa shape index (κ2) is 6.76. The number of hydrogen-bond donors (Lipinski definition) is 1. The van der Waals surface area contributed by atoms with Gasteiger partial charge in [0.15, 0.2) is 0 Å². The van der Waals surface area contributed by atoms with Gasteiger partial charge in [0.25, 0.3) is 0 Å². The highest BCUT2D eigenvalue weighted by Crippen LogP contribution is 2.20. The minimum absolute atomic E-state index is 0.728. The molecule has 1 saturated heterocycles. The molecule has 0 spiro atoms. The lowest BCUT2D eigenvalue weighted by Gasteiger charge is -2.31. The second-order valence-corrected chi connectivity index (χ2v) is 5.04. The van der Waals surface area contributed by atoms with Crippen molar-refractivity contribution in [3.8, 4) is 5.75 Å². The zero-order valence-electron chi connectivity index (χ0n) is 11.3. The van der Waals surface area contributed by atoms with E-state index in [2.05, 4.69) is 23.1 Å². The van der Waals surface area contributed by atoms with Gasteiger partial charge in [-0.25, -0.2) is 0 Å². The first kappa shape index (κ1) is 13.4. The summed E-state index contributed by atoms with van der Waals surface area (Å²) in [6.45, 7) is 6.95. The van der Waals surface area contributed by atoms with Crippen LogP contribution in [0.2, 0.25) is 0 Å². The summed E-state index contributed by atoms with van der Waals surface area (Å²) in [4.78, 5) is 2.51. The molecule has 0 amide bonds. The predicted molar refractivity (Wildman–Crippen MR) is 74.7 cm³/mol. The molecule has 1 aliphatic heterocycles. The van der Waals surface area contributed by atoms with Gasteiger partial charge in [-0.15, -0.1) is 0 Å². The predicted octanol–water partition coefficient (Wildman–Crippen LogP) is 2.26. The first-order valence-electron chi connectivity index (χ1n) is 6.96. The standard InChI is InChI=1S/C15H24N2O/c1-2-18-15-5-3-4-14(10-15)12-17-8-6-13(11-16)7-9-17/h3-5,10,13H,2,6-9,11-12,16H2,1H3. The molecule has 0 unspecified atom stereocenters. The molecule has 0 aromatic heterocycles. The van der Waals surface area contributed by atoms with Crippen LogP contribution in [0.15, 0.2) is 24.3 Å². The van der Waals surface area contributed by atoms with Crippen LogP contribution in [0.25, 0.3) is 0 Å². The Bertz CT molecular complexity index is 359. The van der Waals surface area contributed by atoms with Crippen molar-refractivity contribution in [3.63, 3.8) is 0 Å². The minimum atomic E-state index is 0.728. The molecule has 0 aliphatic carbocycles. The Morgan fingerprint density at radius 3 is 2.78 bits per heavy atom. The molecular formula is C15H24N2O. The maximum Gasteiger partial charge on any atom is 0.119 e. The minimum Gasteiger partial charge on any atom is -0.494 e. The fourth-order valence-corrected chi connectivity index (χ4v) is 2.54. The fourth-order valence-electron chi connectivity index (χ4n) is 2.54. The number of benzene rings is 1. The van der Waals surface area contributed by atoms with Crippen molar-refractivity contribution >= 4 is 0 Å². The van der Waals surface area contributed by atoms with E-state index < -0.39 is 0 Å². The molecule has 1 aliphatic rings. The Balaban J connectivity index is 1.87. The van der Waals surface area contributed by atoms with Gasteiger partial charge >= 0.3 is 0 Å². The highest BCUT2D eigenvalue weighted by Gasteiger charge is 2.17. The summed E-state index contributed by atoms with van der Waals surface area (Å²) >= 11 is 0. The lowest BCUT2D eigenvalue weighted by Crippen LogP contribution is -2.35. The van der Waals surface area contributed by atoms with Crippen LogP contribution in [-0.4, -0.2) is 31.1 Å². The number of ether oxygens (including phenoxy) is 1. The Labute approximate surface area is 110 Å². The molecule has 2 N–H and O–H groups in total. The molecule has 3 heteroatoms. The van der Waals surface area contributed by atoms with Crippen LogP contribution in [0, 0.1) is 5.92 Å². The highest BCUT2D eigenvalue weighted by molar-refractivity contribution is 5.28. The molecule has 3 nitrogen and oxygen atoms in total. The van der Waals surface area contributed by atoms with Crippen molar-refractivity contribution in [1.29, 1.82) is 0 Å². The van der Waals surface area contributed by atoms with Crippen LogP contribution in [0.5, 0.6) is 5.75 Å². The smallest absolute Gasteiger partial charge is 0.119 e. The van der Waals surface area contributed by atoms with E-state index in [1.807, 2.05) is 13.0 Å². The van der Waals surface area contributed by atoms with Crippen molar-refractivity contribution in [1.82, 2.24) is 4.90 Å². The molecule has 18 heavy (non-hydrogen) atoms. The van der Waals surface area contributed by atoms with E-state index in [0.717, 1.165) is 31.4 Å². The summed E-state index contributed by atoms with van der Waals surface area (Å²) in [5.41, 5.74) is 7.06. The molecule has 1 aromatic carbocycles. The van der Waals surface area contributed by atoms with E-state index in [9.17, 15) is 0 Å². The van der Waals surface area contributed by atoms with Crippen LogP contribution in [0.4, 0.5) is 0 Å². The largest absolute Gasteiger partial charge is 0.494 e. The van der Waals surface area contributed by atoms with E-state index >= 15 is 0 Å². The number of nitrogens with two attached hydrogens (primary N) is 1. The Morgan fingerprint density at radius 1 is 1.33 bits per heavy atom. The number of rotatable bonds is 5. The third-order valence-corrected chi connectivity index (χ3v) is 3.66. The number of nitrogens with zero attached hydrogens (tertiary/aromatic N) is 1. The van der Waals surface area contributed by atoms with Crippen molar-refractivity contribution in [2.24, 2.45) is 11.7 Å². The summed E-state index contributed by atoms with van der Waals surface area (Å²) in [7, 11) is 0. The Kier molecular flexibility index (Phi) is 5.02. The fraction of sp³-hybridized carbons (Fsp3) is 0.600. The van der Waals surface area contributed by atoms with E-state index in [4.69, 9.17) is 10.5 Å². The molecule has 1 fully saturated rings. The highest BCUT2D eigenvalue weighted by atomic mass is 16.5. The number of likely N-dealkylation sites (tertiary alicyclic amines) is 1. The van der Waals surface area contributed by atoms with E-state index in [1.165, 1.54) is 31.5 Å². The normalized spacial score (nSPS) is 17.9. The quantitative estimate of drug-likeness (QED) is 0.868. The third-order valence-electron chi connectivity index (χ3n) is 3.66. The number of hydrogen-bond acceptors (Lipinski definition) is 3. The SMILES string of the molecule is CCOc1cccc(CN2CCC(CN)CC2)c1. The molecule has 0 radical (unpaired) electrons. The summed E-state index contributed by atoms with van der Waals surface area (Å²) in [5.74, 6) is 1.71. The summed E-state index contributed by atoms with van der Waals surface area (Å²) in [6.07, 6.45) is 2.48. The average molecular weight is 248 g/mol. The second-order valence-electron chi connectivity index (χ2n) is 5.04. The van der Waals surface area contributed by atoms with Gasteiger partial charge in [-0.1, -0.05) is 12.1 Å². The molecule has 0 bridgehead atoms. The first-order chi connectivity index (χ1) is 8.81. The summed E-state index contributed by atoms with van der Waals surface area (Å²) < 4.78 is 5.54. The molecule has 100 valence electrons. The maximum atomic E-state index is 5.72. The zero-order valence-corrected chi connectivity index (χ0v) is 11.3. The topological polar surface area (TPSA) is 38.5 Å². The van der Waals surface area contributed by atoms with Gasteiger partial charge in [0.2, 0.25) is 0 Å². The van der Waals surface area contributed by atoms with Crippen LogP contribution in [-0.2, 0) is 6.54 Å². The van der Waals surface area contributed by atoms with Crippen LogP contribution in [0.1, 0.15) is 25.3 Å². The Hall–Kier alpha value is -1.06. The summed E-state index contributed by atoms with van der Waals surface area (Å²) in [5, 5.41) is 0. The van der Waals surface area contributed by atoms with Crippen molar-refractivity contribution < 1.29 is 4.74 Å². The molecule has 2 rings (SSSR count). The van der Waals surface area contributed by atoms with Crippen molar-refractivity contribution in [2.75, 3.05) is 26.2 Å². The van der Waals surface area contributed by atoms with E-state index in [-0.39, 0.29) is 0 Å². The van der Waals surface area contributed by atoms with Gasteiger partial charge in [0, 0.05) is 6.54 Å². The Morgan fingerprint density at radius 2 is 2.11 bits per heavy atom. The van der Waals surface area contributed by atoms with E-state index in [0.29, 0.717) is 0 Å². The van der Waals surface area contributed by atoms with Gasteiger partial charge < -0.3 is 10.5 Å². The van der Waals surface area contributed by atoms with Gasteiger partial charge in [-0.05, 0) is 63.0 Å². The van der Waals surface area contributed by atoms with Gasteiger partial charge in [-0.3, -0.25) is 4.90 Å². The number of piperidine rings is 1. The molecule has 1 heterocycles. The van der Waals surface area contributed by atoms with Gasteiger partial charge in [-0.2, -0.15) is 0 Å². The summed E-state index contributed by atoms with van der Waals surface area (Å²) in [6, 6.07) is 8.43.